The maximum atomic E-state index is 2.65. The Bertz CT molecular complexity index is 1520. The first kappa shape index (κ1) is 35.6. The third-order valence-electron chi connectivity index (χ3n) is 10.8. The maximum absolute atomic E-state index is 2.65. The lowest BCUT2D eigenvalue weighted by Gasteiger charge is -2.26. The molecule has 0 bridgehead atoms. The van der Waals surface area contributed by atoms with E-state index >= 15 is 0 Å². The van der Waals surface area contributed by atoms with Gasteiger partial charge in [-0.05, 0) is 109 Å². The van der Waals surface area contributed by atoms with Gasteiger partial charge in [0, 0.05) is 0 Å². The summed E-state index contributed by atoms with van der Waals surface area (Å²) >= 11 is 0. The molecular formula is C48H59P. The van der Waals surface area contributed by atoms with E-state index in [0.29, 0.717) is 0 Å². The minimum atomic E-state index is -0.737. The summed E-state index contributed by atoms with van der Waals surface area (Å²) in [6, 6.07) is 39.5. The Labute approximate surface area is 299 Å². The smallest absolute Gasteiger partial charge is 0.00269 e. The first-order chi connectivity index (χ1) is 24.4. The molecule has 0 saturated carbocycles. The standard InChI is InChI=1S/C48H59P/c1-3-7-11-17-28-40(29-18-12-8-4-1)44-37-27-38-45(41-30-19-13-9-5-2-6-10-14-20-31-41)48(44)46-36-25-26-39-47(46)49(42-32-21-15-22-33-42)43-34-23-16-24-35-43/h15-16,21-28,30,32-39H,1-14,17-20,29,31H2/b40-28+,41-30+. The Balaban J connectivity index is 1.54. The molecule has 0 saturated heterocycles. The van der Waals surface area contributed by atoms with Crippen LogP contribution in [0.5, 0.6) is 0 Å². The van der Waals surface area contributed by atoms with Crippen LogP contribution in [0.25, 0.3) is 22.3 Å². The van der Waals surface area contributed by atoms with E-state index in [1.54, 1.807) is 11.1 Å². The molecule has 0 amide bonds. The van der Waals surface area contributed by atoms with Gasteiger partial charge in [0.05, 0.1) is 0 Å². The van der Waals surface area contributed by atoms with Gasteiger partial charge in [-0.15, -0.1) is 0 Å². The highest BCUT2D eigenvalue weighted by Gasteiger charge is 2.24. The number of rotatable bonds is 6. The van der Waals surface area contributed by atoms with Crippen molar-refractivity contribution in [2.24, 2.45) is 0 Å². The predicted molar refractivity (Wildman–Crippen MR) is 219 cm³/mol. The van der Waals surface area contributed by atoms with Crippen LogP contribution in [0, 0.1) is 0 Å². The van der Waals surface area contributed by atoms with Crippen LogP contribution in [-0.2, 0) is 0 Å². The second-order valence-electron chi connectivity index (χ2n) is 14.4. The van der Waals surface area contributed by atoms with E-state index in [4.69, 9.17) is 0 Å². The summed E-state index contributed by atoms with van der Waals surface area (Å²) in [5.74, 6) is 0. The SMILES string of the molecule is C1=C(/c2cccc(/C3=C/CCCCCCCCCC3)c2-c2ccccc2P(c2ccccc2)c2ccccc2)CCCCCCCCCC/1. The fraction of sp³-hybridized carbons (Fsp3) is 0.417. The molecule has 0 aromatic heterocycles. The molecule has 2 aliphatic rings. The molecule has 1 heteroatoms. The largest absolute Gasteiger partial charge is 0.0807 e. The van der Waals surface area contributed by atoms with Crippen molar-refractivity contribution in [1.82, 2.24) is 0 Å². The number of hydrogen-bond donors (Lipinski definition) is 0. The molecule has 0 nitrogen and oxygen atoms in total. The molecule has 0 aliphatic heterocycles. The number of allylic oxidation sites excluding steroid dienone is 4. The molecule has 0 spiro atoms. The van der Waals surface area contributed by atoms with Crippen LogP contribution in [-0.4, -0.2) is 0 Å². The highest BCUT2D eigenvalue weighted by atomic mass is 31.1. The van der Waals surface area contributed by atoms with Crippen LogP contribution in [0.2, 0.25) is 0 Å². The average Bonchev–Trinajstić information content (AvgIpc) is 3.13. The van der Waals surface area contributed by atoms with E-state index in [0.717, 1.165) is 0 Å². The summed E-state index contributed by atoms with van der Waals surface area (Å²) in [5, 5.41) is 4.32. The Hall–Kier alpha value is -3.21. The van der Waals surface area contributed by atoms with Crippen molar-refractivity contribution >= 4 is 35.0 Å². The molecule has 0 fully saturated rings. The van der Waals surface area contributed by atoms with Gasteiger partial charge in [0.15, 0.2) is 0 Å². The van der Waals surface area contributed by atoms with Crippen LogP contribution >= 0.6 is 7.92 Å². The number of hydrogen-bond acceptors (Lipinski definition) is 0. The van der Waals surface area contributed by atoms with Crippen molar-refractivity contribution in [2.45, 2.75) is 128 Å². The zero-order valence-corrected chi connectivity index (χ0v) is 31.0. The molecule has 0 N–H and O–H groups in total. The Morgan fingerprint density at radius 1 is 0.327 bits per heavy atom. The van der Waals surface area contributed by atoms with Crippen LogP contribution in [0.3, 0.4) is 0 Å². The van der Waals surface area contributed by atoms with E-state index in [1.807, 2.05) is 0 Å². The van der Waals surface area contributed by atoms with Gasteiger partial charge in [-0.1, -0.05) is 192 Å². The van der Waals surface area contributed by atoms with Gasteiger partial charge >= 0.3 is 0 Å². The van der Waals surface area contributed by atoms with E-state index in [9.17, 15) is 0 Å². The summed E-state index contributed by atoms with van der Waals surface area (Å²) in [4.78, 5) is 0. The van der Waals surface area contributed by atoms with Gasteiger partial charge < -0.3 is 0 Å². The zero-order chi connectivity index (χ0) is 33.4. The van der Waals surface area contributed by atoms with Crippen LogP contribution < -0.4 is 15.9 Å². The van der Waals surface area contributed by atoms with Gasteiger partial charge in [0.2, 0.25) is 0 Å². The third kappa shape index (κ3) is 10.2. The molecule has 0 heterocycles. The molecule has 0 radical (unpaired) electrons. The minimum Gasteiger partial charge on any atom is -0.0807 e. The normalized spacial score (nSPS) is 19.9. The lowest BCUT2D eigenvalue weighted by atomic mass is 9.83. The molecular weight excluding hydrogens is 608 g/mol. The quantitative estimate of drug-likeness (QED) is 0.180. The van der Waals surface area contributed by atoms with E-state index in [2.05, 4.69) is 115 Å². The summed E-state index contributed by atoms with van der Waals surface area (Å²) in [7, 11) is -0.737. The predicted octanol–water partition coefficient (Wildman–Crippen LogP) is 13.7. The van der Waals surface area contributed by atoms with Crippen LogP contribution in [0.4, 0.5) is 0 Å². The minimum absolute atomic E-state index is 0.737. The summed E-state index contributed by atoms with van der Waals surface area (Å²) in [5.41, 5.74) is 9.09. The topological polar surface area (TPSA) is 0 Å². The van der Waals surface area contributed by atoms with Crippen molar-refractivity contribution in [1.29, 1.82) is 0 Å². The monoisotopic (exact) mass is 666 g/mol. The maximum Gasteiger partial charge on any atom is -0.00269 e. The first-order valence-electron chi connectivity index (χ1n) is 19.9. The molecule has 4 aromatic rings. The van der Waals surface area contributed by atoms with Gasteiger partial charge in [0.1, 0.15) is 0 Å². The molecule has 256 valence electrons. The Kier molecular flexibility index (Phi) is 14.4. The van der Waals surface area contributed by atoms with Crippen LogP contribution in [0.15, 0.2) is 115 Å². The Morgan fingerprint density at radius 2 is 0.714 bits per heavy atom. The van der Waals surface area contributed by atoms with E-state index in [1.165, 1.54) is 167 Å². The van der Waals surface area contributed by atoms with Gasteiger partial charge in [-0.3, -0.25) is 0 Å². The Morgan fingerprint density at radius 3 is 1.20 bits per heavy atom. The second-order valence-corrected chi connectivity index (χ2v) is 16.6. The molecule has 6 rings (SSSR count). The van der Waals surface area contributed by atoms with E-state index < -0.39 is 7.92 Å². The van der Waals surface area contributed by atoms with Gasteiger partial charge in [-0.25, -0.2) is 0 Å². The molecule has 0 unspecified atom stereocenters. The third-order valence-corrected chi connectivity index (χ3v) is 13.3. The highest BCUT2D eigenvalue weighted by Crippen LogP contribution is 2.43. The lowest BCUT2D eigenvalue weighted by Crippen LogP contribution is -2.22. The highest BCUT2D eigenvalue weighted by molar-refractivity contribution is 7.80. The fourth-order valence-electron chi connectivity index (χ4n) is 8.13. The van der Waals surface area contributed by atoms with Crippen molar-refractivity contribution < 1.29 is 0 Å². The summed E-state index contributed by atoms with van der Waals surface area (Å²) < 4.78 is 0. The number of benzene rings is 4. The first-order valence-corrected chi connectivity index (χ1v) is 21.3. The van der Waals surface area contributed by atoms with Crippen molar-refractivity contribution in [3.8, 4) is 11.1 Å². The van der Waals surface area contributed by atoms with E-state index in [-0.39, 0.29) is 0 Å². The fourth-order valence-corrected chi connectivity index (χ4v) is 10.6. The van der Waals surface area contributed by atoms with Crippen LogP contribution in [0.1, 0.15) is 140 Å². The van der Waals surface area contributed by atoms with Gasteiger partial charge in [0.25, 0.3) is 0 Å². The second kappa shape index (κ2) is 19.8. The summed E-state index contributed by atoms with van der Waals surface area (Å²) in [6.45, 7) is 0. The molecule has 0 atom stereocenters. The van der Waals surface area contributed by atoms with Gasteiger partial charge in [-0.2, -0.15) is 0 Å². The molecule has 4 aromatic carbocycles. The molecule has 2 aliphatic carbocycles. The van der Waals surface area contributed by atoms with Crippen molar-refractivity contribution in [3.63, 3.8) is 0 Å². The zero-order valence-electron chi connectivity index (χ0n) is 30.1. The lowest BCUT2D eigenvalue weighted by molar-refractivity contribution is 0.568. The summed E-state index contributed by atoms with van der Waals surface area (Å²) in [6.07, 6.45) is 31.9. The van der Waals surface area contributed by atoms with Crippen molar-refractivity contribution in [2.75, 3.05) is 0 Å². The van der Waals surface area contributed by atoms with Crippen molar-refractivity contribution in [3.05, 3.63) is 126 Å². The molecule has 49 heavy (non-hydrogen) atoms. The average molecular weight is 667 g/mol.